The molecule has 6 aromatic rings. The van der Waals surface area contributed by atoms with E-state index in [0.717, 1.165) is 53.9 Å². The molecule has 3 aliphatic rings. The van der Waals surface area contributed by atoms with Crippen molar-refractivity contribution in [3.8, 4) is 17.0 Å². The van der Waals surface area contributed by atoms with E-state index in [4.69, 9.17) is 21.1 Å². The molecule has 0 saturated carbocycles. The Morgan fingerprint density at radius 1 is 0.839 bits per heavy atom. The first-order valence-corrected chi connectivity index (χ1v) is 19.2. The Hall–Kier alpha value is -5.10. The van der Waals surface area contributed by atoms with Crippen molar-refractivity contribution >= 4 is 58.1 Å². The van der Waals surface area contributed by atoms with Crippen LogP contribution >= 0.6 is 24.0 Å². The maximum atomic E-state index is 15.0. The average molecular weight is 793 g/mol. The standard InChI is InChI=1S/C44H42ClN5O5.ClH/c1-46-15-14-30-23-34(9-13-40(30)46)50(33-7-10-36(51)11-8-33)44(53)39-25-41(48-18-21-55-28-42(39)48)38-24-32(45)6-12-37(38)43(52)49-26-31-5-3-2-4-29(31)22-35(49)27-47-16-19-54-20-17-47;/h2-15,23-25,35,51H,16-22,26-28H2,1H3;1H/t35-;/m0./s1. The quantitative estimate of drug-likeness (QED) is 0.177. The summed E-state index contributed by atoms with van der Waals surface area (Å²) in [7, 11) is 1.99. The molecule has 10 nitrogen and oxygen atoms in total. The Kier molecular flexibility index (Phi) is 10.7. The van der Waals surface area contributed by atoms with E-state index >= 15 is 4.79 Å². The number of rotatable bonds is 7. The van der Waals surface area contributed by atoms with Crippen LogP contribution < -0.4 is 4.90 Å². The highest BCUT2D eigenvalue weighted by Gasteiger charge is 2.35. The fraction of sp³-hybridized carbons (Fsp3) is 0.273. The number of fused-ring (bicyclic) bond motifs is 3. The summed E-state index contributed by atoms with van der Waals surface area (Å²) >= 11 is 6.73. The molecule has 2 aromatic heterocycles. The number of benzene rings is 4. The lowest BCUT2D eigenvalue weighted by atomic mass is 9.92. The van der Waals surface area contributed by atoms with E-state index in [0.29, 0.717) is 66.0 Å². The van der Waals surface area contributed by atoms with E-state index < -0.39 is 0 Å². The SMILES string of the molecule is Cl.Cn1ccc2cc(N(C(=O)c3cc(-c4cc(Cl)ccc4C(=O)N4Cc5ccccc5C[C@H]4CN4CCOCC4)n4c3COCC4)c3ccc(O)cc3)ccc21. The third kappa shape index (κ3) is 7.08. The van der Waals surface area contributed by atoms with Crippen molar-refractivity contribution in [2.75, 3.05) is 44.4 Å². The molecule has 9 rings (SSSR count). The van der Waals surface area contributed by atoms with Crippen molar-refractivity contribution in [2.45, 2.75) is 32.2 Å². The van der Waals surface area contributed by atoms with Crippen LogP contribution in [0, 0.1) is 0 Å². The number of aryl methyl sites for hydroxylation is 1. The van der Waals surface area contributed by atoms with Crippen LogP contribution in [-0.2, 0) is 42.6 Å². The highest BCUT2D eigenvalue weighted by Crippen LogP contribution is 2.38. The Labute approximate surface area is 336 Å². The number of carbonyl (C=O) groups is 2. The minimum Gasteiger partial charge on any atom is -0.508 e. The number of morpholine rings is 1. The van der Waals surface area contributed by atoms with E-state index in [2.05, 4.69) is 27.7 Å². The van der Waals surface area contributed by atoms with Crippen LogP contribution in [-0.4, -0.2) is 81.4 Å². The second-order valence-electron chi connectivity index (χ2n) is 14.6. The van der Waals surface area contributed by atoms with Gasteiger partial charge in [-0.2, -0.15) is 0 Å². The van der Waals surface area contributed by atoms with Crippen LogP contribution in [0.5, 0.6) is 5.75 Å². The summed E-state index contributed by atoms with van der Waals surface area (Å²) in [6.07, 6.45) is 2.76. The van der Waals surface area contributed by atoms with Gasteiger partial charge in [0.15, 0.2) is 0 Å². The number of aromatic hydroxyl groups is 1. The van der Waals surface area contributed by atoms with Crippen molar-refractivity contribution in [2.24, 2.45) is 7.05 Å². The monoisotopic (exact) mass is 791 g/mol. The van der Waals surface area contributed by atoms with Crippen molar-refractivity contribution in [1.82, 2.24) is 18.9 Å². The Morgan fingerprint density at radius 3 is 2.39 bits per heavy atom. The van der Waals surface area contributed by atoms with E-state index in [1.165, 1.54) is 5.56 Å². The van der Waals surface area contributed by atoms with Crippen LogP contribution in [0.3, 0.4) is 0 Å². The summed E-state index contributed by atoms with van der Waals surface area (Å²) in [5.41, 5.74) is 7.89. The number of nitrogens with zero attached hydrogens (tertiary/aromatic N) is 5. The van der Waals surface area contributed by atoms with Gasteiger partial charge in [0.1, 0.15) is 5.75 Å². The van der Waals surface area contributed by atoms with Gasteiger partial charge in [0.05, 0.1) is 43.4 Å². The van der Waals surface area contributed by atoms with Gasteiger partial charge in [-0.3, -0.25) is 19.4 Å². The van der Waals surface area contributed by atoms with Crippen LogP contribution in [0.2, 0.25) is 5.02 Å². The molecule has 288 valence electrons. The molecule has 2 amide bonds. The number of hydrogen-bond donors (Lipinski definition) is 1. The number of aromatic nitrogens is 2. The molecular weight excluding hydrogens is 749 g/mol. The maximum Gasteiger partial charge on any atom is 0.264 e. The summed E-state index contributed by atoms with van der Waals surface area (Å²) < 4.78 is 15.8. The molecule has 0 radical (unpaired) electrons. The first kappa shape index (κ1) is 37.8. The first-order valence-electron chi connectivity index (χ1n) is 18.8. The first-order chi connectivity index (χ1) is 26.8. The second-order valence-corrected chi connectivity index (χ2v) is 15.0. The summed E-state index contributed by atoms with van der Waals surface area (Å²) in [5.74, 6) is -0.222. The van der Waals surface area contributed by atoms with Gasteiger partial charge < -0.3 is 28.6 Å². The third-order valence-corrected chi connectivity index (χ3v) is 11.5. The van der Waals surface area contributed by atoms with Crippen LogP contribution in [0.25, 0.3) is 22.2 Å². The van der Waals surface area contributed by atoms with Crippen molar-refractivity contribution in [3.05, 3.63) is 136 Å². The fourth-order valence-electron chi connectivity index (χ4n) is 8.39. The van der Waals surface area contributed by atoms with Gasteiger partial charge in [-0.05, 0) is 90.3 Å². The normalized spacial score (nSPS) is 16.9. The predicted octanol–water partition coefficient (Wildman–Crippen LogP) is 7.84. The Morgan fingerprint density at radius 2 is 1.59 bits per heavy atom. The molecule has 0 bridgehead atoms. The highest BCUT2D eigenvalue weighted by molar-refractivity contribution is 6.31. The molecular formula is C44H43Cl2N5O5. The second kappa shape index (κ2) is 15.8. The summed E-state index contributed by atoms with van der Waals surface area (Å²) in [4.78, 5) is 36.1. The van der Waals surface area contributed by atoms with Gasteiger partial charge in [-0.25, -0.2) is 0 Å². The molecule has 12 heteroatoms. The van der Waals surface area contributed by atoms with Crippen LogP contribution in [0.15, 0.2) is 103 Å². The molecule has 1 fully saturated rings. The summed E-state index contributed by atoms with van der Waals surface area (Å²) in [5, 5.41) is 11.6. The van der Waals surface area contributed by atoms with Crippen molar-refractivity contribution < 1.29 is 24.2 Å². The Bertz CT molecular complexity index is 2420. The number of carbonyl (C=O) groups excluding carboxylic acids is 2. The van der Waals surface area contributed by atoms with Gasteiger partial charge in [-0.1, -0.05) is 35.9 Å². The zero-order valence-electron chi connectivity index (χ0n) is 31.1. The van der Waals surface area contributed by atoms with Gasteiger partial charge in [0.25, 0.3) is 11.8 Å². The van der Waals surface area contributed by atoms with Gasteiger partial charge in [0, 0.05) is 90.4 Å². The van der Waals surface area contributed by atoms with Crippen molar-refractivity contribution in [1.29, 1.82) is 0 Å². The topological polar surface area (TPSA) is 92.4 Å². The minimum atomic E-state index is -0.255. The molecule has 0 spiro atoms. The number of halogens is 2. The predicted molar refractivity (Wildman–Crippen MR) is 220 cm³/mol. The Balaban J connectivity index is 0.00000441. The van der Waals surface area contributed by atoms with Gasteiger partial charge in [0.2, 0.25) is 0 Å². The van der Waals surface area contributed by atoms with E-state index in [1.54, 1.807) is 35.2 Å². The number of amides is 2. The molecule has 3 aliphatic heterocycles. The largest absolute Gasteiger partial charge is 0.508 e. The molecule has 1 atom stereocenters. The maximum absolute atomic E-state index is 15.0. The smallest absolute Gasteiger partial charge is 0.264 e. The molecule has 0 aliphatic carbocycles. The lowest BCUT2D eigenvalue weighted by Crippen LogP contribution is -2.52. The highest BCUT2D eigenvalue weighted by atomic mass is 35.5. The summed E-state index contributed by atoms with van der Waals surface area (Å²) in [6, 6.07) is 30.3. The number of ether oxygens (including phenoxy) is 2. The molecule has 1 N–H and O–H groups in total. The number of anilines is 2. The third-order valence-electron chi connectivity index (χ3n) is 11.3. The average Bonchev–Trinajstić information content (AvgIpc) is 3.79. The lowest BCUT2D eigenvalue weighted by molar-refractivity contribution is 0.0193. The van der Waals surface area contributed by atoms with Crippen LogP contribution in [0.4, 0.5) is 11.4 Å². The molecule has 56 heavy (non-hydrogen) atoms. The number of phenols is 1. The number of hydrogen-bond acceptors (Lipinski definition) is 6. The van der Waals surface area contributed by atoms with Gasteiger partial charge >= 0.3 is 0 Å². The number of phenolic OH excluding ortho intramolecular Hbond substituents is 1. The molecule has 0 unspecified atom stereocenters. The zero-order chi connectivity index (χ0) is 37.6. The van der Waals surface area contributed by atoms with Crippen LogP contribution in [0.1, 0.15) is 37.5 Å². The zero-order valence-corrected chi connectivity index (χ0v) is 32.6. The molecule has 4 aromatic carbocycles. The van der Waals surface area contributed by atoms with E-state index in [9.17, 15) is 9.90 Å². The molecule has 5 heterocycles. The lowest BCUT2D eigenvalue weighted by Gasteiger charge is -2.40. The van der Waals surface area contributed by atoms with Crippen molar-refractivity contribution in [3.63, 3.8) is 0 Å². The molecule has 1 saturated heterocycles. The van der Waals surface area contributed by atoms with E-state index in [-0.39, 0.29) is 42.6 Å². The van der Waals surface area contributed by atoms with E-state index in [1.807, 2.05) is 71.2 Å². The summed E-state index contributed by atoms with van der Waals surface area (Å²) in [6.45, 7) is 5.50. The van der Waals surface area contributed by atoms with Gasteiger partial charge in [-0.15, -0.1) is 12.4 Å². The fourth-order valence-corrected chi connectivity index (χ4v) is 8.56. The minimum absolute atomic E-state index is 0.